The zero-order valence-electron chi connectivity index (χ0n) is 9.05. The fourth-order valence-electron chi connectivity index (χ4n) is 1.32. The molecule has 1 unspecified atom stereocenters. The van der Waals surface area contributed by atoms with Crippen LogP contribution in [0.2, 0.25) is 0 Å². The van der Waals surface area contributed by atoms with E-state index in [9.17, 15) is 13.2 Å². The van der Waals surface area contributed by atoms with Crippen molar-refractivity contribution in [1.82, 2.24) is 10.1 Å². The minimum absolute atomic E-state index is 0.194. The Balaban J connectivity index is 2.12. The fraction of sp³-hybridized carbons (Fsp3) is 0.273. The predicted molar refractivity (Wildman–Crippen MR) is 55.5 cm³/mol. The average Bonchev–Trinajstić information content (AvgIpc) is 2.77. The highest BCUT2D eigenvalue weighted by Crippen LogP contribution is 2.23. The SMILES string of the molecule is OC(Cc1nc(-c2ccccc2)no1)C(F)(F)F. The van der Waals surface area contributed by atoms with E-state index in [0.29, 0.717) is 5.56 Å². The number of benzene rings is 1. The van der Waals surface area contributed by atoms with Crippen LogP contribution in [0.15, 0.2) is 34.9 Å². The third-order valence-corrected chi connectivity index (χ3v) is 2.25. The van der Waals surface area contributed by atoms with Crippen molar-refractivity contribution in [3.8, 4) is 11.4 Å². The summed E-state index contributed by atoms with van der Waals surface area (Å²) in [5.74, 6) is -0.0568. The molecule has 0 aliphatic rings. The minimum Gasteiger partial charge on any atom is -0.383 e. The topological polar surface area (TPSA) is 59.2 Å². The molecule has 18 heavy (non-hydrogen) atoms. The molecular formula is C11H9F3N2O2. The van der Waals surface area contributed by atoms with Crippen LogP contribution in [0.25, 0.3) is 11.4 Å². The Morgan fingerprint density at radius 2 is 1.89 bits per heavy atom. The lowest BCUT2D eigenvalue weighted by Crippen LogP contribution is -2.30. The molecule has 0 bridgehead atoms. The second-order valence-electron chi connectivity index (χ2n) is 3.64. The third-order valence-electron chi connectivity index (χ3n) is 2.25. The second-order valence-corrected chi connectivity index (χ2v) is 3.64. The number of alkyl halides is 3. The number of hydrogen-bond acceptors (Lipinski definition) is 4. The van der Waals surface area contributed by atoms with E-state index in [0.717, 1.165) is 0 Å². The van der Waals surface area contributed by atoms with Gasteiger partial charge in [0.05, 0.1) is 6.42 Å². The maximum atomic E-state index is 12.1. The monoisotopic (exact) mass is 258 g/mol. The van der Waals surface area contributed by atoms with Crippen LogP contribution in [0.1, 0.15) is 5.89 Å². The maximum Gasteiger partial charge on any atom is 0.414 e. The Morgan fingerprint density at radius 1 is 1.22 bits per heavy atom. The van der Waals surface area contributed by atoms with Crippen LogP contribution < -0.4 is 0 Å². The number of rotatable bonds is 3. The normalized spacial score (nSPS) is 13.6. The first-order valence-corrected chi connectivity index (χ1v) is 5.09. The van der Waals surface area contributed by atoms with Gasteiger partial charge in [-0.15, -0.1) is 0 Å². The molecule has 0 aliphatic heterocycles. The van der Waals surface area contributed by atoms with Crippen molar-refractivity contribution in [2.45, 2.75) is 18.7 Å². The van der Waals surface area contributed by atoms with Crippen LogP contribution in [-0.2, 0) is 6.42 Å². The van der Waals surface area contributed by atoms with E-state index in [1.54, 1.807) is 30.3 Å². The maximum absolute atomic E-state index is 12.1. The molecule has 0 amide bonds. The molecule has 1 aromatic heterocycles. The van der Waals surface area contributed by atoms with Gasteiger partial charge in [0, 0.05) is 5.56 Å². The molecule has 4 nitrogen and oxygen atoms in total. The summed E-state index contributed by atoms with van der Waals surface area (Å²) in [6.45, 7) is 0. The number of nitrogens with zero attached hydrogens (tertiary/aromatic N) is 2. The van der Waals surface area contributed by atoms with Crippen LogP contribution in [-0.4, -0.2) is 27.5 Å². The molecule has 0 saturated carbocycles. The Kier molecular flexibility index (Phi) is 3.33. The standard InChI is InChI=1S/C11H9F3N2O2/c12-11(13,14)8(17)6-9-15-10(16-18-9)7-4-2-1-3-5-7/h1-5,8,17H,6H2. The quantitative estimate of drug-likeness (QED) is 0.916. The van der Waals surface area contributed by atoms with Gasteiger partial charge in [0.2, 0.25) is 11.7 Å². The Labute approximate surface area is 100 Å². The summed E-state index contributed by atoms with van der Waals surface area (Å²) >= 11 is 0. The average molecular weight is 258 g/mol. The number of hydrogen-bond donors (Lipinski definition) is 1. The Hall–Kier alpha value is -1.89. The number of aromatic nitrogens is 2. The van der Waals surface area contributed by atoms with Gasteiger partial charge >= 0.3 is 6.18 Å². The van der Waals surface area contributed by atoms with Crippen molar-refractivity contribution in [2.75, 3.05) is 0 Å². The molecule has 0 radical (unpaired) electrons. The smallest absolute Gasteiger partial charge is 0.383 e. The van der Waals surface area contributed by atoms with Crippen molar-refractivity contribution >= 4 is 0 Å². The summed E-state index contributed by atoms with van der Waals surface area (Å²) in [6, 6.07) is 8.69. The van der Waals surface area contributed by atoms with Crippen LogP contribution >= 0.6 is 0 Å². The Morgan fingerprint density at radius 3 is 2.50 bits per heavy atom. The van der Waals surface area contributed by atoms with E-state index in [1.165, 1.54) is 0 Å². The van der Waals surface area contributed by atoms with Crippen molar-refractivity contribution in [3.05, 3.63) is 36.2 Å². The summed E-state index contributed by atoms with van der Waals surface area (Å²) in [6.07, 6.45) is -7.94. The lowest BCUT2D eigenvalue weighted by Gasteiger charge is -2.11. The van der Waals surface area contributed by atoms with Gasteiger partial charge < -0.3 is 9.63 Å². The molecule has 0 saturated heterocycles. The summed E-state index contributed by atoms with van der Waals surface area (Å²) < 4.78 is 41.0. The van der Waals surface area contributed by atoms with Crippen LogP contribution in [0, 0.1) is 0 Å². The molecule has 96 valence electrons. The van der Waals surface area contributed by atoms with Crippen molar-refractivity contribution in [3.63, 3.8) is 0 Å². The lowest BCUT2D eigenvalue weighted by atomic mass is 10.2. The molecule has 0 aliphatic carbocycles. The highest BCUT2D eigenvalue weighted by molar-refractivity contribution is 5.53. The zero-order valence-corrected chi connectivity index (χ0v) is 9.05. The highest BCUT2D eigenvalue weighted by atomic mass is 19.4. The molecule has 0 spiro atoms. The molecule has 1 heterocycles. The number of halogens is 3. The molecule has 2 aromatic rings. The molecule has 2 rings (SSSR count). The van der Waals surface area contributed by atoms with Gasteiger partial charge in [-0.05, 0) is 0 Å². The van der Waals surface area contributed by atoms with Gasteiger partial charge in [0.15, 0.2) is 6.10 Å². The molecule has 1 atom stereocenters. The first-order chi connectivity index (χ1) is 8.47. The molecule has 1 N–H and O–H groups in total. The van der Waals surface area contributed by atoms with Gasteiger partial charge in [-0.3, -0.25) is 0 Å². The number of aliphatic hydroxyl groups is 1. The van der Waals surface area contributed by atoms with E-state index >= 15 is 0 Å². The van der Waals surface area contributed by atoms with Gasteiger partial charge in [-0.2, -0.15) is 18.2 Å². The van der Waals surface area contributed by atoms with E-state index in [2.05, 4.69) is 14.7 Å². The van der Waals surface area contributed by atoms with Gasteiger partial charge in [0.1, 0.15) is 0 Å². The molecule has 7 heteroatoms. The predicted octanol–water partition coefficient (Wildman–Crippen LogP) is 2.20. The van der Waals surface area contributed by atoms with Crippen molar-refractivity contribution < 1.29 is 22.8 Å². The molecule has 1 aromatic carbocycles. The number of aliphatic hydroxyl groups excluding tert-OH is 1. The van der Waals surface area contributed by atoms with Gasteiger partial charge in [-0.25, -0.2) is 0 Å². The minimum atomic E-state index is -4.69. The van der Waals surface area contributed by atoms with Crippen molar-refractivity contribution in [2.24, 2.45) is 0 Å². The largest absolute Gasteiger partial charge is 0.414 e. The molecular weight excluding hydrogens is 249 g/mol. The van der Waals surface area contributed by atoms with Crippen molar-refractivity contribution in [1.29, 1.82) is 0 Å². The summed E-state index contributed by atoms with van der Waals surface area (Å²) in [4.78, 5) is 3.80. The highest BCUT2D eigenvalue weighted by Gasteiger charge is 2.39. The van der Waals surface area contributed by atoms with Crippen LogP contribution in [0.5, 0.6) is 0 Å². The van der Waals surface area contributed by atoms with Gasteiger partial charge in [-0.1, -0.05) is 35.5 Å². The molecule has 0 fully saturated rings. The summed E-state index contributed by atoms with van der Waals surface area (Å²) in [5, 5.41) is 12.4. The summed E-state index contributed by atoms with van der Waals surface area (Å²) in [5.41, 5.74) is 0.633. The second kappa shape index (κ2) is 4.77. The van der Waals surface area contributed by atoms with E-state index in [4.69, 9.17) is 5.11 Å². The van der Waals surface area contributed by atoms with Gasteiger partial charge in [0.25, 0.3) is 0 Å². The van der Waals surface area contributed by atoms with Crippen LogP contribution in [0.4, 0.5) is 13.2 Å². The zero-order chi connectivity index (χ0) is 13.2. The van der Waals surface area contributed by atoms with E-state index < -0.39 is 18.7 Å². The first kappa shape index (κ1) is 12.6. The first-order valence-electron chi connectivity index (χ1n) is 5.09. The van der Waals surface area contributed by atoms with E-state index in [-0.39, 0.29) is 11.7 Å². The summed E-state index contributed by atoms with van der Waals surface area (Å²) in [7, 11) is 0. The van der Waals surface area contributed by atoms with Crippen LogP contribution in [0.3, 0.4) is 0 Å². The lowest BCUT2D eigenvalue weighted by molar-refractivity contribution is -0.204. The fourth-order valence-corrected chi connectivity index (χ4v) is 1.32. The third kappa shape index (κ3) is 2.86. The Bertz CT molecular complexity index is 511. The van der Waals surface area contributed by atoms with E-state index in [1.807, 2.05) is 0 Å².